The Balaban J connectivity index is 1.42. The fraction of sp³-hybridized carbons (Fsp3) is 0.280. The predicted molar refractivity (Wildman–Crippen MR) is 123 cm³/mol. The van der Waals surface area contributed by atoms with Gasteiger partial charge in [0.2, 0.25) is 0 Å². The van der Waals surface area contributed by atoms with E-state index < -0.39 is 11.6 Å². The second-order valence-electron chi connectivity index (χ2n) is 9.21. The van der Waals surface area contributed by atoms with E-state index in [2.05, 4.69) is 52.0 Å². The minimum Gasteiger partial charge on any atom is -0.365 e. The van der Waals surface area contributed by atoms with E-state index in [1.165, 1.54) is 29.1 Å². The fourth-order valence-electron chi connectivity index (χ4n) is 5.07. The second-order valence-corrected chi connectivity index (χ2v) is 9.21. The van der Waals surface area contributed by atoms with Gasteiger partial charge >= 0.3 is 0 Å². The summed E-state index contributed by atoms with van der Waals surface area (Å²) in [6.45, 7) is 2.72. The van der Waals surface area contributed by atoms with E-state index >= 15 is 0 Å². The molecule has 0 saturated carbocycles. The molecule has 168 valence electrons. The van der Waals surface area contributed by atoms with Crippen molar-refractivity contribution in [2.45, 2.75) is 19.0 Å². The molecule has 0 aliphatic carbocycles. The summed E-state index contributed by atoms with van der Waals surface area (Å²) in [6.07, 6.45) is 4.81. The van der Waals surface area contributed by atoms with Gasteiger partial charge in [0, 0.05) is 48.6 Å². The van der Waals surface area contributed by atoms with Gasteiger partial charge in [-0.05, 0) is 42.0 Å². The highest BCUT2D eigenvalue weighted by Gasteiger charge is 2.28. The number of anilines is 1. The number of halogens is 2. The van der Waals surface area contributed by atoms with Crippen LogP contribution in [-0.4, -0.2) is 52.6 Å². The van der Waals surface area contributed by atoms with Gasteiger partial charge in [0.25, 0.3) is 0 Å². The van der Waals surface area contributed by atoms with Crippen molar-refractivity contribution < 1.29 is 13.7 Å². The number of hydrogen-bond donors (Lipinski definition) is 1. The first kappa shape index (κ1) is 20.1. The predicted octanol–water partition coefficient (Wildman–Crippen LogP) is 2.77. The third-order valence-electron chi connectivity index (χ3n) is 6.95. The minimum absolute atomic E-state index is 0.367. The Labute approximate surface area is 190 Å². The van der Waals surface area contributed by atoms with Crippen molar-refractivity contribution in [2.75, 3.05) is 32.1 Å². The molecule has 1 atom stereocenters. The topological polar surface area (TPSA) is 43.3 Å². The summed E-state index contributed by atoms with van der Waals surface area (Å²) >= 11 is 0. The molecule has 2 aromatic carbocycles. The van der Waals surface area contributed by atoms with Crippen molar-refractivity contribution in [3.05, 3.63) is 72.2 Å². The van der Waals surface area contributed by atoms with Gasteiger partial charge in [-0.2, -0.15) is 0 Å². The fourth-order valence-corrected chi connectivity index (χ4v) is 5.07. The average Bonchev–Trinajstić information content (AvgIpc) is 3.52. The van der Waals surface area contributed by atoms with Crippen molar-refractivity contribution in [3.63, 3.8) is 0 Å². The van der Waals surface area contributed by atoms with Crippen LogP contribution < -0.4 is 9.80 Å². The summed E-state index contributed by atoms with van der Waals surface area (Å²) in [5.41, 5.74) is 5.31. The highest BCUT2D eigenvalue weighted by atomic mass is 19.1. The molecule has 0 spiro atoms. The zero-order valence-electron chi connectivity index (χ0n) is 18.6. The summed E-state index contributed by atoms with van der Waals surface area (Å²) in [4.78, 5) is 3.94. The summed E-state index contributed by atoms with van der Waals surface area (Å²) in [5.74, 6) is -0.461. The standard InChI is InChI=1S/C25H24F2N6/c1-30(2)20-7-8-31(14-20)19-4-6-23-17(9-19)13-32-12-16(21-5-3-18(26)11-22(21)27)10-24(32)25-29-28-15-33(23)25/h3-6,9-12,15,20H,7-8,13-14H2,1-2H3/p+1. The maximum absolute atomic E-state index is 14.5. The maximum atomic E-state index is 14.5. The number of rotatable bonds is 3. The van der Waals surface area contributed by atoms with E-state index in [1.54, 1.807) is 6.33 Å². The lowest BCUT2D eigenvalue weighted by atomic mass is 10.1. The van der Waals surface area contributed by atoms with E-state index in [0.29, 0.717) is 29.5 Å². The molecular formula is C25H25F2N6+. The largest absolute Gasteiger partial charge is 0.365 e. The number of likely N-dealkylation sites (N-methyl/N-ethyl adjacent to an activating group) is 1. The first-order valence-corrected chi connectivity index (χ1v) is 11.2. The normalized spacial score (nSPS) is 17.1. The van der Waals surface area contributed by atoms with Gasteiger partial charge in [0.1, 0.15) is 24.0 Å². The van der Waals surface area contributed by atoms with Crippen LogP contribution in [0.4, 0.5) is 14.5 Å². The number of fused-ring (bicyclic) bond motifs is 5. The van der Waals surface area contributed by atoms with Crippen LogP contribution in [0.2, 0.25) is 0 Å². The van der Waals surface area contributed by atoms with Crippen molar-refractivity contribution >= 4 is 5.69 Å². The molecule has 2 aliphatic rings. The Morgan fingerprint density at radius 2 is 1.94 bits per heavy atom. The smallest absolute Gasteiger partial charge is 0.185 e. The Bertz CT molecular complexity index is 1350. The third kappa shape index (κ3) is 3.33. The van der Waals surface area contributed by atoms with Crippen LogP contribution in [0.15, 0.2) is 55.0 Å². The van der Waals surface area contributed by atoms with Gasteiger partial charge in [0.05, 0.1) is 32.0 Å². The van der Waals surface area contributed by atoms with Crippen LogP contribution in [0.3, 0.4) is 0 Å². The van der Waals surface area contributed by atoms with Gasteiger partial charge in [0.15, 0.2) is 5.82 Å². The molecular weight excluding hydrogens is 422 g/mol. The Kier molecular flexibility index (Phi) is 4.58. The Morgan fingerprint density at radius 3 is 2.73 bits per heavy atom. The van der Waals surface area contributed by atoms with Gasteiger partial charge in [-0.15, -0.1) is 10.2 Å². The first-order valence-electron chi connectivity index (χ1n) is 11.2. The van der Waals surface area contributed by atoms with Gasteiger partial charge < -0.3 is 14.4 Å². The van der Waals surface area contributed by atoms with E-state index in [4.69, 9.17) is 0 Å². The van der Waals surface area contributed by atoms with E-state index in [0.717, 1.165) is 36.1 Å². The van der Waals surface area contributed by atoms with Crippen molar-refractivity contribution in [3.8, 4) is 28.3 Å². The number of hydrogen-bond acceptors (Lipinski definition) is 3. The van der Waals surface area contributed by atoms with Crippen LogP contribution in [0, 0.1) is 11.6 Å². The monoisotopic (exact) mass is 447 g/mol. The molecule has 2 aromatic heterocycles. The average molecular weight is 448 g/mol. The first-order chi connectivity index (χ1) is 16.0. The Morgan fingerprint density at radius 1 is 1.06 bits per heavy atom. The van der Waals surface area contributed by atoms with Gasteiger partial charge in [-0.25, -0.2) is 8.78 Å². The van der Waals surface area contributed by atoms with Crippen molar-refractivity contribution in [1.82, 2.24) is 19.3 Å². The van der Waals surface area contributed by atoms with Gasteiger partial charge in [-0.1, -0.05) is 0 Å². The van der Waals surface area contributed by atoms with Crippen LogP contribution in [0.1, 0.15) is 12.0 Å². The molecule has 2 aliphatic heterocycles. The molecule has 1 fully saturated rings. The lowest BCUT2D eigenvalue weighted by Gasteiger charge is -2.21. The zero-order valence-corrected chi connectivity index (χ0v) is 18.6. The summed E-state index contributed by atoms with van der Waals surface area (Å²) in [7, 11) is 4.43. The molecule has 1 N–H and O–H groups in total. The number of nitrogens with zero attached hydrogens (tertiary/aromatic N) is 5. The number of benzene rings is 2. The molecule has 33 heavy (non-hydrogen) atoms. The summed E-state index contributed by atoms with van der Waals surface area (Å²) in [6, 6.07) is 12.8. The van der Waals surface area contributed by atoms with E-state index in [9.17, 15) is 8.78 Å². The molecule has 1 unspecified atom stereocenters. The van der Waals surface area contributed by atoms with E-state index in [1.807, 2.05) is 16.8 Å². The van der Waals surface area contributed by atoms with Crippen LogP contribution >= 0.6 is 0 Å². The summed E-state index contributed by atoms with van der Waals surface area (Å²) < 4.78 is 32.0. The minimum atomic E-state index is -0.585. The Hall–Kier alpha value is -3.52. The molecule has 6 rings (SSSR count). The molecule has 1 saturated heterocycles. The number of quaternary nitrogens is 1. The van der Waals surface area contributed by atoms with Crippen molar-refractivity contribution in [2.24, 2.45) is 0 Å². The highest BCUT2D eigenvalue weighted by Crippen LogP contribution is 2.36. The molecule has 8 heteroatoms. The SMILES string of the molecule is C[NH+](C)C1CCN(c2ccc3c(c2)Cn2cc(-c4ccc(F)cc4F)cc2-c2nncn2-3)C1. The van der Waals surface area contributed by atoms with Crippen molar-refractivity contribution in [1.29, 1.82) is 0 Å². The molecule has 0 radical (unpaired) electrons. The maximum Gasteiger partial charge on any atom is 0.185 e. The summed E-state index contributed by atoms with van der Waals surface area (Å²) in [5, 5.41) is 8.50. The van der Waals surface area contributed by atoms with Crippen LogP contribution in [-0.2, 0) is 6.54 Å². The van der Waals surface area contributed by atoms with Gasteiger partial charge in [-0.3, -0.25) is 4.57 Å². The second kappa shape index (κ2) is 7.52. The quantitative estimate of drug-likeness (QED) is 0.463. The van der Waals surface area contributed by atoms with Crippen LogP contribution in [0.5, 0.6) is 0 Å². The zero-order chi connectivity index (χ0) is 22.7. The lowest BCUT2D eigenvalue weighted by molar-refractivity contribution is -0.882. The van der Waals surface area contributed by atoms with E-state index in [-0.39, 0.29) is 0 Å². The highest BCUT2D eigenvalue weighted by molar-refractivity contribution is 5.72. The lowest BCUT2D eigenvalue weighted by Crippen LogP contribution is -3.10. The number of aromatic nitrogens is 4. The molecule has 4 aromatic rings. The number of nitrogens with one attached hydrogen (secondary N) is 1. The third-order valence-corrected chi connectivity index (χ3v) is 6.95. The molecule has 0 bridgehead atoms. The molecule has 0 amide bonds. The molecule has 6 nitrogen and oxygen atoms in total. The molecule has 4 heterocycles. The van der Waals surface area contributed by atoms with Crippen LogP contribution in [0.25, 0.3) is 28.3 Å².